The first kappa shape index (κ1) is 15.8. The van der Waals surface area contributed by atoms with E-state index in [4.69, 9.17) is 4.74 Å². The van der Waals surface area contributed by atoms with Crippen LogP contribution in [0.5, 0.6) is 11.5 Å². The number of ether oxygens (including phenoxy) is 3. The van der Waals surface area contributed by atoms with Crippen molar-refractivity contribution in [1.29, 1.82) is 0 Å². The van der Waals surface area contributed by atoms with Gasteiger partial charge in [0.05, 0.1) is 32.5 Å². The second-order valence-corrected chi connectivity index (χ2v) is 4.30. The van der Waals surface area contributed by atoms with Crippen molar-refractivity contribution in [2.75, 3.05) is 14.2 Å². The van der Waals surface area contributed by atoms with Gasteiger partial charge in [0.1, 0.15) is 3.57 Å². The molecule has 0 saturated heterocycles. The number of esters is 1. The predicted molar refractivity (Wildman–Crippen MR) is 65.9 cm³/mol. The van der Waals surface area contributed by atoms with Gasteiger partial charge in [0, 0.05) is 0 Å². The number of carbonyl (C=O) groups is 1. The molecular weight excluding hydrogens is 382 g/mol. The molecule has 9 heteroatoms. The van der Waals surface area contributed by atoms with E-state index in [1.165, 1.54) is 14.2 Å². The first-order valence-corrected chi connectivity index (χ1v) is 5.90. The number of methoxy groups -OCH3 is 2. The first-order valence-electron chi connectivity index (χ1n) is 4.82. The highest BCUT2D eigenvalue weighted by molar-refractivity contribution is 14.1. The summed E-state index contributed by atoms with van der Waals surface area (Å²) < 4.78 is 49.7. The molecule has 1 heterocycles. The zero-order valence-corrected chi connectivity index (χ0v) is 12.0. The Labute approximate surface area is 120 Å². The van der Waals surface area contributed by atoms with E-state index >= 15 is 0 Å². The topological polar surface area (TPSA) is 57.7 Å². The molecule has 1 rings (SSSR count). The monoisotopic (exact) mass is 391 g/mol. The van der Waals surface area contributed by atoms with E-state index < -0.39 is 18.1 Å². The van der Waals surface area contributed by atoms with Crippen molar-refractivity contribution >= 4 is 28.6 Å². The lowest BCUT2D eigenvalue weighted by atomic mass is 10.2. The lowest BCUT2D eigenvalue weighted by molar-refractivity contribution is -0.275. The molecule has 0 aliphatic rings. The molecule has 0 N–H and O–H groups in total. The summed E-state index contributed by atoms with van der Waals surface area (Å²) in [6.45, 7) is 0. The van der Waals surface area contributed by atoms with Crippen LogP contribution < -0.4 is 9.47 Å². The number of alkyl halides is 3. The zero-order valence-electron chi connectivity index (χ0n) is 9.88. The number of aromatic nitrogens is 1. The second kappa shape index (κ2) is 6.26. The molecule has 0 unspecified atom stereocenters. The Kier molecular flexibility index (Phi) is 5.20. The molecular formula is C10H9F3INO4. The smallest absolute Gasteiger partial charge is 0.494 e. The molecule has 0 radical (unpaired) electrons. The maximum Gasteiger partial charge on any atom is 0.573 e. The third-order valence-corrected chi connectivity index (χ3v) is 3.01. The Bertz CT molecular complexity index is 479. The molecule has 0 fully saturated rings. The zero-order chi connectivity index (χ0) is 14.6. The lowest BCUT2D eigenvalue weighted by Gasteiger charge is -2.14. The van der Waals surface area contributed by atoms with Crippen LogP contribution in [0, 0.1) is 3.57 Å². The van der Waals surface area contributed by atoms with Gasteiger partial charge >= 0.3 is 12.3 Å². The van der Waals surface area contributed by atoms with Crippen molar-refractivity contribution in [2.24, 2.45) is 0 Å². The van der Waals surface area contributed by atoms with Crippen LogP contribution in [0.25, 0.3) is 0 Å². The number of halogens is 4. The van der Waals surface area contributed by atoms with E-state index in [0.29, 0.717) is 0 Å². The third kappa shape index (κ3) is 4.40. The number of hydrogen-bond donors (Lipinski definition) is 0. The predicted octanol–water partition coefficient (Wildman–Crippen LogP) is 2.31. The van der Waals surface area contributed by atoms with E-state index in [9.17, 15) is 18.0 Å². The minimum Gasteiger partial charge on any atom is -0.494 e. The van der Waals surface area contributed by atoms with Gasteiger partial charge in [-0.1, -0.05) is 0 Å². The van der Waals surface area contributed by atoms with Crippen molar-refractivity contribution in [3.63, 3.8) is 0 Å². The van der Waals surface area contributed by atoms with Crippen molar-refractivity contribution in [1.82, 2.24) is 4.98 Å². The van der Waals surface area contributed by atoms with Gasteiger partial charge in [-0.2, -0.15) is 0 Å². The molecule has 5 nitrogen and oxygen atoms in total. The van der Waals surface area contributed by atoms with Gasteiger partial charge in [0.25, 0.3) is 0 Å². The highest BCUT2D eigenvalue weighted by Crippen LogP contribution is 2.35. The average molecular weight is 391 g/mol. The summed E-state index contributed by atoms with van der Waals surface area (Å²) in [6, 6.07) is 0. The first-order chi connectivity index (χ1) is 8.78. The molecule has 0 spiro atoms. The number of pyridine rings is 1. The van der Waals surface area contributed by atoms with Crippen LogP contribution in [0.4, 0.5) is 13.2 Å². The van der Waals surface area contributed by atoms with E-state index in [1.54, 1.807) is 22.6 Å². The van der Waals surface area contributed by atoms with Crippen LogP contribution in [-0.4, -0.2) is 31.5 Å². The number of carbonyl (C=O) groups excluding carboxylic acids is 1. The SMILES string of the molecule is COC(=O)Cc1ncc(OC(F)(F)F)c(I)c1OC. The van der Waals surface area contributed by atoms with Crippen LogP contribution in [-0.2, 0) is 16.0 Å². The molecule has 0 aromatic carbocycles. The van der Waals surface area contributed by atoms with Crippen molar-refractivity contribution in [3.05, 3.63) is 15.5 Å². The standard InChI is InChI=1S/C10H9F3INO4/c1-17-7(16)3-5-9(18-2)8(14)6(4-15-5)19-10(11,12)13/h4H,3H2,1-2H3. The van der Waals surface area contributed by atoms with Crippen LogP contribution >= 0.6 is 22.6 Å². The van der Waals surface area contributed by atoms with Gasteiger partial charge in [-0.25, -0.2) is 0 Å². The Balaban J connectivity index is 3.12. The average Bonchev–Trinajstić information content (AvgIpc) is 2.31. The minimum absolute atomic E-state index is 0.0488. The molecule has 1 aromatic rings. The molecule has 19 heavy (non-hydrogen) atoms. The molecule has 0 saturated carbocycles. The maximum atomic E-state index is 12.2. The van der Waals surface area contributed by atoms with Gasteiger partial charge in [-0.05, 0) is 22.6 Å². The van der Waals surface area contributed by atoms with Crippen molar-refractivity contribution in [3.8, 4) is 11.5 Å². The molecule has 1 aromatic heterocycles. The van der Waals surface area contributed by atoms with Crippen molar-refractivity contribution in [2.45, 2.75) is 12.8 Å². The van der Waals surface area contributed by atoms with E-state index in [0.717, 1.165) is 6.20 Å². The molecule has 0 atom stereocenters. The fraction of sp³-hybridized carbons (Fsp3) is 0.400. The summed E-state index contributed by atoms with van der Waals surface area (Å²) >= 11 is 1.62. The minimum atomic E-state index is -4.82. The maximum absolute atomic E-state index is 12.2. The summed E-state index contributed by atoms with van der Waals surface area (Å²) in [5.41, 5.74) is 0.174. The van der Waals surface area contributed by atoms with Crippen LogP contribution in [0.15, 0.2) is 6.20 Å². The Morgan fingerprint density at radius 2 is 2.05 bits per heavy atom. The fourth-order valence-electron chi connectivity index (χ4n) is 1.23. The highest BCUT2D eigenvalue weighted by Gasteiger charge is 2.33. The van der Waals surface area contributed by atoms with E-state index in [-0.39, 0.29) is 21.4 Å². The summed E-state index contributed by atoms with van der Waals surface area (Å²) in [5.74, 6) is -1.02. The van der Waals surface area contributed by atoms with E-state index in [1.807, 2.05) is 0 Å². The van der Waals surface area contributed by atoms with Crippen LogP contribution in [0.1, 0.15) is 5.69 Å². The summed E-state index contributed by atoms with van der Waals surface area (Å²) in [5, 5.41) is 0. The van der Waals surface area contributed by atoms with Gasteiger partial charge in [-0.15, -0.1) is 13.2 Å². The summed E-state index contributed by atoms with van der Waals surface area (Å²) in [4.78, 5) is 14.9. The van der Waals surface area contributed by atoms with Crippen LogP contribution in [0.3, 0.4) is 0 Å². The van der Waals surface area contributed by atoms with Crippen molar-refractivity contribution < 1.29 is 32.2 Å². The number of nitrogens with zero attached hydrogens (tertiary/aromatic N) is 1. The summed E-state index contributed by atoms with van der Waals surface area (Å²) in [7, 11) is 2.46. The molecule has 0 aliphatic heterocycles. The molecule has 0 bridgehead atoms. The Morgan fingerprint density at radius 1 is 1.42 bits per heavy atom. The van der Waals surface area contributed by atoms with Gasteiger partial charge < -0.3 is 14.2 Å². The molecule has 0 amide bonds. The Hall–Kier alpha value is -1.26. The number of hydrogen-bond acceptors (Lipinski definition) is 5. The highest BCUT2D eigenvalue weighted by atomic mass is 127. The largest absolute Gasteiger partial charge is 0.573 e. The van der Waals surface area contributed by atoms with Crippen LogP contribution in [0.2, 0.25) is 0 Å². The molecule has 106 valence electrons. The fourth-order valence-corrected chi connectivity index (χ4v) is 2.01. The van der Waals surface area contributed by atoms with E-state index in [2.05, 4.69) is 14.5 Å². The normalized spacial score (nSPS) is 11.1. The third-order valence-electron chi connectivity index (χ3n) is 1.98. The molecule has 0 aliphatic carbocycles. The second-order valence-electron chi connectivity index (χ2n) is 3.22. The number of rotatable bonds is 4. The Morgan fingerprint density at radius 3 is 2.53 bits per heavy atom. The van der Waals surface area contributed by atoms with Gasteiger partial charge in [0.2, 0.25) is 0 Å². The lowest BCUT2D eigenvalue weighted by Crippen LogP contribution is -2.18. The van der Waals surface area contributed by atoms with Gasteiger partial charge in [-0.3, -0.25) is 9.78 Å². The quantitative estimate of drug-likeness (QED) is 0.583. The van der Waals surface area contributed by atoms with Gasteiger partial charge in [0.15, 0.2) is 11.5 Å². The summed E-state index contributed by atoms with van der Waals surface area (Å²) in [6.07, 6.45) is -4.14.